The van der Waals surface area contributed by atoms with E-state index in [1.165, 1.54) is 25.7 Å². The van der Waals surface area contributed by atoms with Crippen LogP contribution in [0.4, 0.5) is 0 Å². The van der Waals surface area contributed by atoms with Crippen LogP contribution < -0.4 is 5.32 Å². The first kappa shape index (κ1) is 36.4. The molecule has 0 unspecified atom stereocenters. The second-order valence-corrected chi connectivity index (χ2v) is 17.1. The Bertz CT molecular complexity index is 1290. The number of aromatic nitrogens is 2. The summed E-state index contributed by atoms with van der Waals surface area (Å²) in [6.45, 7) is 10.8. The van der Waals surface area contributed by atoms with Crippen LogP contribution in [0.1, 0.15) is 122 Å². The van der Waals surface area contributed by atoms with Gasteiger partial charge in [-0.15, -0.1) is 0 Å². The molecule has 0 bridgehead atoms. The molecular weight excluding hydrogens is 608 g/mol. The summed E-state index contributed by atoms with van der Waals surface area (Å²) in [6, 6.07) is 12.2. The molecule has 2 aromatic heterocycles. The third-order valence-corrected chi connectivity index (χ3v) is 14.2. The van der Waals surface area contributed by atoms with E-state index in [1.54, 1.807) is 0 Å². The molecule has 0 spiro atoms. The third-order valence-electron chi connectivity index (χ3n) is 14.2. The summed E-state index contributed by atoms with van der Waals surface area (Å²) in [4.78, 5) is 24.4. The van der Waals surface area contributed by atoms with Gasteiger partial charge in [-0.3, -0.25) is 19.7 Å². The zero-order valence-corrected chi connectivity index (χ0v) is 30.6. The Morgan fingerprint density at radius 2 is 1.53 bits per heavy atom. The molecule has 1 amide bonds. The van der Waals surface area contributed by atoms with Gasteiger partial charge in [0.15, 0.2) is 0 Å². The van der Waals surface area contributed by atoms with E-state index in [0.717, 1.165) is 95.4 Å². The number of carbonyl (C=O) groups is 1. The lowest BCUT2D eigenvalue weighted by Crippen LogP contribution is -2.58. The molecule has 0 saturated heterocycles. The van der Waals surface area contributed by atoms with Crippen LogP contribution in [0.25, 0.3) is 0 Å². The van der Waals surface area contributed by atoms with Crippen LogP contribution in [0, 0.1) is 46.3 Å². The molecule has 270 valence electrons. The Hall–Kier alpha value is -2.35. The maximum atomic E-state index is 12.9. The van der Waals surface area contributed by atoms with Gasteiger partial charge >= 0.3 is 0 Å². The molecule has 4 aliphatic carbocycles. The summed E-state index contributed by atoms with van der Waals surface area (Å²) in [6.07, 6.45) is 18.0. The largest absolute Gasteiger partial charge is 0.393 e. The minimum Gasteiger partial charge on any atom is -0.393 e. The summed E-state index contributed by atoms with van der Waals surface area (Å²) >= 11 is 0. The highest BCUT2D eigenvalue weighted by Gasteiger charge is 2.62. The zero-order valence-electron chi connectivity index (χ0n) is 30.6. The molecule has 2 heterocycles. The first-order valence-electron chi connectivity index (χ1n) is 19.8. The number of amides is 1. The minimum absolute atomic E-state index is 0.172. The van der Waals surface area contributed by atoms with Gasteiger partial charge in [0, 0.05) is 38.4 Å². The summed E-state index contributed by atoms with van der Waals surface area (Å²) in [7, 11) is 0. The molecule has 6 rings (SSSR count). The fourth-order valence-corrected chi connectivity index (χ4v) is 11.6. The van der Waals surface area contributed by atoms with E-state index >= 15 is 0 Å². The van der Waals surface area contributed by atoms with Crippen LogP contribution in [0.2, 0.25) is 0 Å². The van der Waals surface area contributed by atoms with Gasteiger partial charge < -0.3 is 15.5 Å². The molecule has 49 heavy (non-hydrogen) atoms. The second kappa shape index (κ2) is 16.3. The van der Waals surface area contributed by atoms with E-state index < -0.39 is 0 Å². The molecule has 4 fully saturated rings. The fraction of sp³-hybridized carbons (Fsp3) is 0.738. The minimum atomic E-state index is -0.271. The molecule has 0 aromatic carbocycles. The fourth-order valence-electron chi connectivity index (χ4n) is 11.6. The summed E-state index contributed by atoms with van der Waals surface area (Å²) in [5, 5.41) is 25.0. The van der Waals surface area contributed by atoms with Gasteiger partial charge in [-0.2, -0.15) is 0 Å². The van der Waals surface area contributed by atoms with Crippen LogP contribution in [0.15, 0.2) is 48.8 Å². The molecule has 4 saturated carbocycles. The summed E-state index contributed by atoms with van der Waals surface area (Å²) < 4.78 is 0. The number of fused-ring (bicyclic) bond motifs is 5. The number of unbranched alkanes of at least 4 members (excludes halogenated alkanes) is 3. The summed E-state index contributed by atoms with van der Waals surface area (Å²) in [5.41, 5.74) is 2.66. The number of aliphatic hydroxyl groups excluding tert-OH is 2. The lowest BCUT2D eigenvalue weighted by atomic mass is 9.44. The van der Waals surface area contributed by atoms with Gasteiger partial charge in [-0.25, -0.2) is 0 Å². The van der Waals surface area contributed by atoms with Crippen molar-refractivity contribution in [1.82, 2.24) is 20.2 Å². The maximum absolute atomic E-state index is 12.9. The highest BCUT2D eigenvalue weighted by Crippen LogP contribution is 2.68. The van der Waals surface area contributed by atoms with Gasteiger partial charge in [0.1, 0.15) is 0 Å². The first-order chi connectivity index (χ1) is 23.7. The van der Waals surface area contributed by atoms with Crippen LogP contribution >= 0.6 is 0 Å². The molecule has 7 nitrogen and oxygen atoms in total. The predicted octanol–water partition coefficient (Wildman–Crippen LogP) is 7.56. The van der Waals surface area contributed by atoms with Crippen molar-refractivity contribution in [3.63, 3.8) is 0 Å². The SMILES string of the molecule is C[C@H](CCC(=O)NCCCCCCN(Cc1ccccn1)Cc1ccccn1)[C@H]1CC[C@H]2[C@@H]3C[C@H](O)[C@@H]4C[C@H](O)CC[C@]4(C)[C@H]3CC[C@]12C. The lowest BCUT2D eigenvalue weighted by molar-refractivity contribution is -0.172. The number of aliphatic hydroxyl groups is 2. The molecular formula is C42H64N4O3. The topological polar surface area (TPSA) is 98.6 Å². The van der Waals surface area contributed by atoms with Gasteiger partial charge in [0.2, 0.25) is 5.91 Å². The maximum Gasteiger partial charge on any atom is 0.220 e. The molecule has 0 aliphatic heterocycles. The van der Waals surface area contributed by atoms with Crippen LogP contribution in [0.5, 0.6) is 0 Å². The normalized spacial score (nSPS) is 34.5. The molecule has 0 radical (unpaired) electrons. The number of hydrogen-bond acceptors (Lipinski definition) is 6. The van der Waals surface area contributed by atoms with E-state index in [2.05, 4.69) is 53.1 Å². The standard InChI is InChI=1S/C42H64N4O3/c1-30(35-15-16-36-34-27-39(48)38-26-33(47)18-20-42(38,3)37(34)19-21-41(35,36)2)14-17-40(49)45-24-8-4-5-11-25-46(28-31-12-6-9-22-43-31)29-32-13-7-10-23-44-32/h6-7,9-10,12-13,22-23,30,33-39,47-48H,4-5,8,11,14-21,24-29H2,1-3H3,(H,45,49)/t30-,33-,34+,35-,36+,37+,38+,39+,41-,42-/m1/s1. The van der Waals surface area contributed by atoms with Crippen LogP contribution in [-0.2, 0) is 17.9 Å². The Balaban J connectivity index is 0.894. The van der Waals surface area contributed by atoms with Crippen molar-refractivity contribution in [2.75, 3.05) is 13.1 Å². The number of carbonyl (C=O) groups excluding carboxylic acids is 1. The molecule has 3 N–H and O–H groups in total. The summed E-state index contributed by atoms with van der Waals surface area (Å²) in [5.74, 6) is 3.65. The van der Waals surface area contributed by atoms with E-state index in [9.17, 15) is 15.0 Å². The third kappa shape index (κ3) is 8.42. The van der Waals surface area contributed by atoms with Gasteiger partial charge in [0.05, 0.1) is 23.6 Å². The number of pyridine rings is 2. The van der Waals surface area contributed by atoms with E-state index in [0.29, 0.717) is 41.4 Å². The number of nitrogens with zero attached hydrogens (tertiary/aromatic N) is 3. The highest BCUT2D eigenvalue weighted by atomic mass is 16.3. The van der Waals surface area contributed by atoms with E-state index in [1.807, 2.05) is 36.7 Å². The Morgan fingerprint density at radius 1 is 0.857 bits per heavy atom. The molecule has 2 aromatic rings. The van der Waals surface area contributed by atoms with Crippen molar-refractivity contribution in [1.29, 1.82) is 0 Å². The smallest absolute Gasteiger partial charge is 0.220 e. The number of hydrogen-bond donors (Lipinski definition) is 3. The number of rotatable bonds is 15. The van der Waals surface area contributed by atoms with Crippen molar-refractivity contribution in [3.05, 3.63) is 60.2 Å². The Kier molecular flexibility index (Phi) is 12.1. The average molecular weight is 673 g/mol. The van der Waals surface area contributed by atoms with E-state index in [-0.39, 0.29) is 29.4 Å². The predicted molar refractivity (Wildman–Crippen MR) is 195 cm³/mol. The molecule has 4 aliphatic rings. The number of nitrogens with one attached hydrogen (secondary N) is 1. The quantitative estimate of drug-likeness (QED) is 0.169. The zero-order chi connectivity index (χ0) is 34.4. The van der Waals surface area contributed by atoms with Gasteiger partial charge in [0.25, 0.3) is 0 Å². The van der Waals surface area contributed by atoms with Crippen LogP contribution in [-0.4, -0.2) is 56.3 Å². The van der Waals surface area contributed by atoms with Gasteiger partial charge in [-0.05, 0) is 148 Å². The monoisotopic (exact) mass is 672 g/mol. The second-order valence-electron chi connectivity index (χ2n) is 17.1. The van der Waals surface area contributed by atoms with E-state index in [4.69, 9.17) is 0 Å². The lowest BCUT2D eigenvalue weighted by Gasteiger charge is -2.62. The van der Waals surface area contributed by atoms with Gasteiger partial charge in [-0.1, -0.05) is 45.7 Å². The molecule has 7 heteroatoms. The van der Waals surface area contributed by atoms with Crippen molar-refractivity contribution >= 4 is 5.91 Å². The Labute approximate surface area is 296 Å². The average Bonchev–Trinajstić information content (AvgIpc) is 3.46. The van der Waals surface area contributed by atoms with Crippen molar-refractivity contribution in [2.45, 2.75) is 136 Å². The van der Waals surface area contributed by atoms with Crippen molar-refractivity contribution in [2.24, 2.45) is 46.3 Å². The van der Waals surface area contributed by atoms with Crippen molar-refractivity contribution < 1.29 is 15.0 Å². The highest BCUT2D eigenvalue weighted by molar-refractivity contribution is 5.75. The Morgan fingerprint density at radius 3 is 2.22 bits per heavy atom. The van der Waals surface area contributed by atoms with Crippen LogP contribution in [0.3, 0.4) is 0 Å². The first-order valence-corrected chi connectivity index (χ1v) is 19.8. The molecule has 10 atom stereocenters. The van der Waals surface area contributed by atoms with Crippen molar-refractivity contribution in [3.8, 4) is 0 Å².